The molecule has 2 aromatic heterocycles. The normalized spacial score (nSPS) is 19.7. The van der Waals surface area contributed by atoms with Gasteiger partial charge in [0.05, 0.1) is 11.3 Å². The van der Waals surface area contributed by atoms with E-state index in [1.54, 1.807) is 11.1 Å². The monoisotopic (exact) mass is 335 g/mol. The lowest BCUT2D eigenvalue weighted by atomic mass is 10.2. The van der Waals surface area contributed by atoms with E-state index in [0.29, 0.717) is 11.6 Å². The van der Waals surface area contributed by atoms with Crippen LogP contribution in [0.4, 0.5) is 23.1 Å². The number of hydrogen-bond acceptors (Lipinski definition) is 5. The number of anilines is 4. The summed E-state index contributed by atoms with van der Waals surface area (Å²) in [7, 11) is 1.82. The number of rotatable bonds is 2. The minimum atomic E-state index is -0.0248. The minimum absolute atomic E-state index is 0.0248. The van der Waals surface area contributed by atoms with Crippen LogP contribution in [-0.4, -0.2) is 42.1 Å². The number of hydrogen-bond donors (Lipinski definition) is 0. The van der Waals surface area contributed by atoms with Gasteiger partial charge in [0.1, 0.15) is 11.6 Å². The highest BCUT2D eigenvalue weighted by atomic mass is 16.2. The van der Waals surface area contributed by atoms with Crippen LogP contribution in [0.15, 0.2) is 30.5 Å². The summed E-state index contributed by atoms with van der Waals surface area (Å²) < 4.78 is 0. The van der Waals surface area contributed by atoms with Crippen LogP contribution in [0, 0.1) is 0 Å². The van der Waals surface area contributed by atoms with Crippen molar-refractivity contribution in [3.8, 4) is 0 Å². The summed E-state index contributed by atoms with van der Waals surface area (Å²) in [6.07, 6.45) is 6.42. The molecule has 1 amide bonds. The Morgan fingerprint density at radius 2 is 1.88 bits per heavy atom. The van der Waals surface area contributed by atoms with Gasteiger partial charge in [-0.1, -0.05) is 0 Å². The maximum atomic E-state index is 13.0. The van der Waals surface area contributed by atoms with Crippen molar-refractivity contribution in [1.29, 1.82) is 0 Å². The van der Waals surface area contributed by atoms with E-state index < -0.39 is 0 Å². The lowest BCUT2D eigenvalue weighted by Crippen LogP contribution is -2.26. The molecular formula is C19H21N5O. The molecule has 0 atom stereocenters. The van der Waals surface area contributed by atoms with Crippen molar-refractivity contribution < 1.29 is 4.79 Å². The largest absolute Gasteiger partial charge is 0.357 e. The van der Waals surface area contributed by atoms with E-state index in [9.17, 15) is 4.79 Å². The summed E-state index contributed by atoms with van der Waals surface area (Å²) in [5.41, 5.74) is 1.51. The van der Waals surface area contributed by atoms with E-state index in [1.165, 1.54) is 12.8 Å². The summed E-state index contributed by atoms with van der Waals surface area (Å²) >= 11 is 0. The van der Waals surface area contributed by atoms with Crippen LogP contribution in [0.25, 0.3) is 0 Å². The van der Waals surface area contributed by atoms with E-state index in [0.717, 1.165) is 49.1 Å². The molecule has 25 heavy (non-hydrogen) atoms. The Labute approximate surface area is 147 Å². The van der Waals surface area contributed by atoms with Crippen LogP contribution in [0.2, 0.25) is 0 Å². The predicted molar refractivity (Wildman–Crippen MR) is 97.8 cm³/mol. The number of carbonyl (C=O) groups is 1. The quantitative estimate of drug-likeness (QED) is 0.844. The van der Waals surface area contributed by atoms with E-state index in [2.05, 4.69) is 14.8 Å². The molecule has 1 saturated carbocycles. The second kappa shape index (κ2) is 5.44. The van der Waals surface area contributed by atoms with Crippen molar-refractivity contribution >= 4 is 29.0 Å². The Bertz CT molecular complexity index is 841. The number of carbonyl (C=O) groups excluding carboxylic acids is 1. The Kier molecular flexibility index (Phi) is 3.20. The molecule has 5 rings (SSSR count). The molecule has 0 spiro atoms. The predicted octanol–water partition coefficient (Wildman–Crippen LogP) is 2.97. The van der Waals surface area contributed by atoms with Crippen molar-refractivity contribution in [3.63, 3.8) is 0 Å². The fraction of sp³-hybridized carbons (Fsp3) is 0.421. The van der Waals surface area contributed by atoms with Crippen molar-refractivity contribution in [2.75, 3.05) is 34.8 Å². The first kappa shape index (κ1) is 14.7. The molecule has 4 heterocycles. The third kappa shape index (κ3) is 2.27. The first-order chi connectivity index (χ1) is 12.2. The van der Waals surface area contributed by atoms with E-state index in [4.69, 9.17) is 4.98 Å². The van der Waals surface area contributed by atoms with E-state index >= 15 is 0 Å². The third-order valence-corrected chi connectivity index (χ3v) is 5.32. The molecule has 6 heteroatoms. The van der Waals surface area contributed by atoms with Gasteiger partial charge in [0.25, 0.3) is 5.91 Å². The fourth-order valence-corrected chi connectivity index (χ4v) is 3.82. The summed E-state index contributed by atoms with van der Waals surface area (Å²) in [4.78, 5) is 28.7. The van der Waals surface area contributed by atoms with Crippen LogP contribution in [0.3, 0.4) is 0 Å². The number of aromatic nitrogens is 2. The molecule has 0 aromatic carbocycles. The van der Waals surface area contributed by atoms with Gasteiger partial charge in [0, 0.05) is 32.4 Å². The summed E-state index contributed by atoms with van der Waals surface area (Å²) in [5.74, 6) is 2.58. The standard InChI is InChI=1S/C19H21N5O/c1-22-15-8-9-16(23-11-2-3-12-23)21-18(15)24(13-6-7-13)17-14(19(22)25)5-4-10-20-17/h4-5,8-10,13H,2-3,6-7,11-12H2,1H3. The van der Waals surface area contributed by atoms with Crippen molar-refractivity contribution in [2.24, 2.45) is 0 Å². The lowest BCUT2D eigenvalue weighted by molar-refractivity contribution is 0.0994. The number of pyridine rings is 2. The smallest absolute Gasteiger partial charge is 0.261 e. The highest BCUT2D eigenvalue weighted by Crippen LogP contribution is 2.45. The van der Waals surface area contributed by atoms with E-state index in [-0.39, 0.29) is 5.91 Å². The van der Waals surface area contributed by atoms with Crippen LogP contribution in [0.1, 0.15) is 36.0 Å². The van der Waals surface area contributed by atoms with Gasteiger partial charge in [0.15, 0.2) is 5.82 Å². The summed E-state index contributed by atoms with van der Waals surface area (Å²) in [5, 5.41) is 0. The highest BCUT2D eigenvalue weighted by Gasteiger charge is 2.39. The molecule has 1 aliphatic carbocycles. The molecule has 1 saturated heterocycles. The van der Waals surface area contributed by atoms with Crippen molar-refractivity contribution in [3.05, 3.63) is 36.0 Å². The molecule has 3 aliphatic rings. The molecule has 0 radical (unpaired) electrons. The second-order valence-corrected chi connectivity index (χ2v) is 7.05. The van der Waals surface area contributed by atoms with Gasteiger partial charge in [-0.15, -0.1) is 0 Å². The summed E-state index contributed by atoms with van der Waals surface area (Å²) in [6.45, 7) is 2.11. The van der Waals surface area contributed by atoms with Crippen LogP contribution in [0.5, 0.6) is 0 Å². The topological polar surface area (TPSA) is 52.6 Å². The molecule has 2 aromatic rings. The molecule has 6 nitrogen and oxygen atoms in total. The number of nitrogens with zero attached hydrogens (tertiary/aromatic N) is 5. The Morgan fingerprint density at radius 1 is 1.08 bits per heavy atom. The molecule has 2 fully saturated rings. The van der Waals surface area contributed by atoms with Gasteiger partial charge >= 0.3 is 0 Å². The molecule has 0 unspecified atom stereocenters. The average molecular weight is 335 g/mol. The molecular weight excluding hydrogens is 314 g/mol. The van der Waals surface area contributed by atoms with Crippen LogP contribution < -0.4 is 14.7 Å². The highest BCUT2D eigenvalue weighted by molar-refractivity contribution is 6.12. The van der Waals surface area contributed by atoms with E-state index in [1.807, 2.05) is 31.3 Å². The second-order valence-electron chi connectivity index (χ2n) is 7.05. The lowest BCUT2D eigenvalue weighted by Gasteiger charge is -2.26. The maximum Gasteiger partial charge on any atom is 0.261 e. The molecule has 2 aliphatic heterocycles. The Hall–Kier alpha value is -2.63. The van der Waals surface area contributed by atoms with Gasteiger partial charge < -0.3 is 14.7 Å². The first-order valence-corrected chi connectivity index (χ1v) is 9.02. The fourth-order valence-electron chi connectivity index (χ4n) is 3.82. The zero-order valence-electron chi connectivity index (χ0n) is 14.4. The van der Waals surface area contributed by atoms with Gasteiger partial charge in [-0.25, -0.2) is 9.97 Å². The molecule has 0 N–H and O–H groups in total. The summed E-state index contributed by atoms with van der Waals surface area (Å²) in [6, 6.07) is 8.16. The van der Waals surface area contributed by atoms with Gasteiger partial charge in [-0.2, -0.15) is 0 Å². The number of amides is 1. The van der Waals surface area contributed by atoms with Crippen molar-refractivity contribution in [1.82, 2.24) is 9.97 Å². The van der Waals surface area contributed by atoms with Gasteiger partial charge in [0.2, 0.25) is 0 Å². The maximum absolute atomic E-state index is 13.0. The molecule has 0 bridgehead atoms. The first-order valence-electron chi connectivity index (χ1n) is 9.02. The third-order valence-electron chi connectivity index (χ3n) is 5.32. The van der Waals surface area contributed by atoms with Gasteiger partial charge in [-0.3, -0.25) is 4.79 Å². The zero-order chi connectivity index (χ0) is 17.0. The Morgan fingerprint density at radius 3 is 2.64 bits per heavy atom. The van der Waals surface area contributed by atoms with Crippen LogP contribution >= 0.6 is 0 Å². The van der Waals surface area contributed by atoms with Crippen LogP contribution in [-0.2, 0) is 0 Å². The number of fused-ring (bicyclic) bond motifs is 2. The Balaban J connectivity index is 1.71. The minimum Gasteiger partial charge on any atom is -0.357 e. The van der Waals surface area contributed by atoms with Crippen molar-refractivity contribution in [2.45, 2.75) is 31.7 Å². The van der Waals surface area contributed by atoms with Gasteiger partial charge in [-0.05, 0) is 49.9 Å². The zero-order valence-corrected chi connectivity index (χ0v) is 14.4. The molecule has 128 valence electrons. The SMILES string of the molecule is CN1C(=O)c2cccnc2N(C2CC2)c2nc(N3CCCC3)ccc21. The average Bonchev–Trinajstić information content (AvgIpc) is 3.33.